The van der Waals surface area contributed by atoms with Crippen LogP contribution in [-0.2, 0) is 22.7 Å². The second-order valence-electron chi connectivity index (χ2n) is 8.55. The zero-order valence-electron chi connectivity index (χ0n) is 18.2. The molecule has 0 radical (unpaired) electrons. The van der Waals surface area contributed by atoms with E-state index >= 15 is 0 Å². The first-order valence-corrected chi connectivity index (χ1v) is 11.7. The average Bonchev–Trinajstić information content (AvgIpc) is 3.17. The summed E-state index contributed by atoms with van der Waals surface area (Å²) in [6.07, 6.45) is 1.47. The van der Waals surface area contributed by atoms with Crippen molar-refractivity contribution in [1.29, 1.82) is 0 Å². The van der Waals surface area contributed by atoms with E-state index in [1.165, 1.54) is 29.1 Å². The number of phenols is 2. The number of phenolic OH excluding ortho intramolecular Hbond substituents is 2. The Bertz CT molecular complexity index is 1040. The lowest BCUT2D eigenvalue weighted by Gasteiger charge is -2.34. The van der Waals surface area contributed by atoms with Crippen molar-refractivity contribution in [3.63, 3.8) is 0 Å². The summed E-state index contributed by atoms with van der Waals surface area (Å²) in [4.78, 5) is 25.8. The third kappa shape index (κ3) is 5.70. The quantitative estimate of drug-likeness (QED) is 0.384. The first kappa shape index (κ1) is 23.2. The molecule has 2 heterocycles. The molecule has 7 N–H and O–H groups in total. The van der Waals surface area contributed by atoms with Gasteiger partial charge in [0, 0.05) is 44.0 Å². The van der Waals surface area contributed by atoms with Crippen molar-refractivity contribution in [1.82, 2.24) is 9.21 Å². The number of hydrogen-bond donors (Lipinski definition) is 5. The van der Waals surface area contributed by atoms with Crippen molar-refractivity contribution < 1.29 is 19.8 Å². The molecular weight excluding hydrogens is 442 g/mol. The Morgan fingerprint density at radius 2 is 1.82 bits per heavy atom. The molecular formula is C23H29N5O4S. The van der Waals surface area contributed by atoms with E-state index in [9.17, 15) is 19.8 Å². The van der Waals surface area contributed by atoms with E-state index in [0.717, 1.165) is 31.6 Å². The molecule has 1 saturated heterocycles. The van der Waals surface area contributed by atoms with Crippen molar-refractivity contribution in [2.24, 2.45) is 11.5 Å². The zero-order valence-corrected chi connectivity index (χ0v) is 19.1. The molecule has 9 nitrogen and oxygen atoms in total. The average molecular weight is 472 g/mol. The van der Waals surface area contributed by atoms with Crippen molar-refractivity contribution >= 4 is 29.4 Å². The second kappa shape index (κ2) is 9.90. The van der Waals surface area contributed by atoms with Crippen molar-refractivity contribution in [3.05, 3.63) is 47.5 Å². The Balaban J connectivity index is 1.29. The number of amides is 2. The third-order valence-electron chi connectivity index (χ3n) is 5.99. The van der Waals surface area contributed by atoms with Crippen LogP contribution in [0, 0.1) is 0 Å². The fourth-order valence-electron chi connectivity index (χ4n) is 4.26. The first-order valence-electron chi connectivity index (χ1n) is 10.9. The highest BCUT2D eigenvalue weighted by Crippen LogP contribution is 2.38. The number of carbonyl (C=O) groups is 2. The van der Waals surface area contributed by atoms with Gasteiger partial charge >= 0.3 is 0 Å². The summed E-state index contributed by atoms with van der Waals surface area (Å²) >= 11 is 1.47. The summed E-state index contributed by atoms with van der Waals surface area (Å²) in [5.74, 6) is -0.678. The molecule has 1 atom stereocenters. The molecule has 2 amide bonds. The maximum absolute atomic E-state index is 12.4. The predicted octanol–water partition coefficient (Wildman–Crippen LogP) is 1.73. The van der Waals surface area contributed by atoms with E-state index in [0.29, 0.717) is 18.0 Å². The summed E-state index contributed by atoms with van der Waals surface area (Å²) in [6, 6.07) is 10.4. The van der Waals surface area contributed by atoms with Gasteiger partial charge < -0.3 is 31.9 Å². The van der Waals surface area contributed by atoms with Crippen LogP contribution in [0.2, 0.25) is 0 Å². The molecule has 0 spiro atoms. The second-order valence-corrected chi connectivity index (χ2v) is 9.68. The highest BCUT2D eigenvalue weighted by molar-refractivity contribution is 7.97. The van der Waals surface area contributed by atoms with Crippen LogP contribution in [0.25, 0.3) is 0 Å². The van der Waals surface area contributed by atoms with Crippen LogP contribution in [0.3, 0.4) is 0 Å². The van der Waals surface area contributed by atoms with Gasteiger partial charge in [-0.05, 0) is 60.2 Å². The van der Waals surface area contributed by atoms with Gasteiger partial charge in [0.1, 0.15) is 11.5 Å². The number of likely N-dealkylation sites (tertiary alicyclic amines) is 1. The number of anilines is 1. The van der Waals surface area contributed by atoms with Crippen LogP contribution in [-0.4, -0.2) is 56.4 Å². The minimum absolute atomic E-state index is 0.0426. The normalized spacial score (nSPS) is 17.5. The number of hydrogen-bond acceptors (Lipinski definition) is 8. The molecule has 10 heteroatoms. The number of benzene rings is 2. The van der Waals surface area contributed by atoms with E-state index in [4.69, 9.17) is 11.5 Å². The summed E-state index contributed by atoms with van der Waals surface area (Å²) in [5, 5.41) is 23.1. The highest BCUT2D eigenvalue weighted by Gasteiger charge is 2.27. The van der Waals surface area contributed by atoms with Gasteiger partial charge in [-0.25, -0.2) is 4.31 Å². The Morgan fingerprint density at radius 1 is 1.09 bits per heavy atom. The largest absolute Gasteiger partial charge is 0.508 e. The third-order valence-corrected chi connectivity index (χ3v) is 7.04. The number of nitrogens with zero attached hydrogens (tertiary/aromatic N) is 2. The highest BCUT2D eigenvalue weighted by atomic mass is 32.2. The fourth-order valence-corrected chi connectivity index (χ4v) is 5.22. The molecule has 33 heavy (non-hydrogen) atoms. The number of nitrogens with two attached hydrogens (primary N) is 2. The van der Waals surface area contributed by atoms with Crippen molar-refractivity contribution in [2.75, 3.05) is 18.4 Å². The van der Waals surface area contributed by atoms with Gasteiger partial charge in [-0.3, -0.25) is 9.59 Å². The van der Waals surface area contributed by atoms with Gasteiger partial charge in [-0.1, -0.05) is 6.07 Å². The molecule has 176 valence electrons. The Hall–Kier alpha value is -2.95. The summed E-state index contributed by atoms with van der Waals surface area (Å²) in [5.41, 5.74) is 14.5. The zero-order chi connectivity index (χ0) is 23.5. The van der Waals surface area contributed by atoms with Crippen LogP contribution in [0.15, 0.2) is 41.3 Å². The number of aromatic hydroxyl groups is 2. The number of nitrogens with one attached hydrogen (secondary N) is 1. The first-order chi connectivity index (χ1) is 15.8. The Labute approximate surface area is 196 Å². The molecule has 1 unspecified atom stereocenters. The van der Waals surface area contributed by atoms with Crippen LogP contribution in [0.4, 0.5) is 5.69 Å². The van der Waals surface area contributed by atoms with Crippen LogP contribution in [0.5, 0.6) is 11.5 Å². The Morgan fingerprint density at radius 3 is 2.52 bits per heavy atom. The number of rotatable bonds is 7. The molecule has 1 fully saturated rings. The number of fused-ring (bicyclic) bond motifs is 1. The van der Waals surface area contributed by atoms with Gasteiger partial charge in [-0.2, -0.15) is 0 Å². The van der Waals surface area contributed by atoms with Gasteiger partial charge in [0.2, 0.25) is 11.8 Å². The van der Waals surface area contributed by atoms with E-state index in [2.05, 4.69) is 27.8 Å². The molecule has 2 aromatic rings. The topological polar surface area (TPSA) is 145 Å². The Kier molecular flexibility index (Phi) is 6.96. The lowest BCUT2D eigenvalue weighted by Crippen LogP contribution is -2.50. The molecule has 2 aliphatic rings. The maximum atomic E-state index is 12.4. The van der Waals surface area contributed by atoms with E-state index in [1.807, 2.05) is 0 Å². The number of primary amides is 1. The predicted molar refractivity (Wildman–Crippen MR) is 126 cm³/mol. The van der Waals surface area contributed by atoms with Gasteiger partial charge in [0.15, 0.2) is 0 Å². The summed E-state index contributed by atoms with van der Waals surface area (Å²) in [6.45, 7) is 2.70. The molecule has 0 aromatic heterocycles. The van der Waals surface area contributed by atoms with Crippen molar-refractivity contribution in [2.45, 2.75) is 49.3 Å². The van der Waals surface area contributed by atoms with E-state index < -0.39 is 11.9 Å². The van der Waals surface area contributed by atoms with E-state index in [1.54, 1.807) is 17.0 Å². The van der Waals surface area contributed by atoms with Crippen LogP contribution < -0.4 is 16.8 Å². The van der Waals surface area contributed by atoms with Gasteiger partial charge in [-0.15, -0.1) is 0 Å². The van der Waals surface area contributed by atoms with E-state index in [-0.39, 0.29) is 29.9 Å². The standard InChI is InChI=1S/C23H29N5O4S/c24-19(11-22(25)31)23(32)27-7-5-16(6-8-27)26-17-2-1-14-12-28(13-15(14)9-17)33-21-4-3-18(29)10-20(21)30/h1-4,9-10,16,19,26,29-30H,5-8,11-13,24H2,(H2,25,31). The monoisotopic (exact) mass is 471 g/mol. The van der Waals surface area contributed by atoms with Crippen LogP contribution in [0.1, 0.15) is 30.4 Å². The fraction of sp³-hybridized carbons (Fsp3) is 0.391. The molecule has 0 aliphatic carbocycles. The molecule has 0 saturated carbocycles. The number of carbonyl (C=O) groups excluding carboxylic acids is 2. The van der Waals surface area contributed by atoms with Crippen LogP contribution >= 0.6 is 11.9 Å². The molecule has 0 bridgehead atoms. The smallest absolute Gasteiger partial charge is 0.240 e. The lowest BCUT2D eigenvalue weighted by atomic mass is 10.0. The lowest BCUT2D eigenvalue weighted by molar-refractivity contribution is -0.135. The summed E-state index contributed by atoms with van der Waals surface area (Å²) < 4.78 is 2.17. The minimum atomic E-state index is -0.868. The SMILES string of the molecule is NC(=O)CC(N)C(=O)N1CCC(Nc2ccc3c(c2)CN(Sc2ccc(O)cc2O)C3)CC1. The summed E-state index contributed by atoms with van der Waals surface area (Å²) in [7, 11) is 0. The van der Waals surface area contributed by atoms with Gasteiger partial charge in [0.25, 0.3) is 0 Å². The number of piperidine rings is 1. The van der Waals surface area contributed by atoms with Gasteiger partial charge in [0.05, 0.1) is 17.4 Å². The van der Waals surface area contributed by atoms with Crippen molar-refractivity contribution in [3.8, 4) is 11.5 Å². The maximum Gasteiger partial charge on any atom is 0.240 e. The molecule has 2 aliphatic heterocycles. The minimum Gasteiger partial charge on any atom is -0.508 e. The molecule has 4 rings (SSSR count). The molecule has 2 aromatic carbocycles.